The lowest BCUT2D eigenvalue weighted by Crippen LogP contribution is -2.52. The van der Waals surface area contributed by atoms with Gasteiger partial charge in [0.1, 0.15) is 5.82 Å². The first-order chi connectivity index (χ1) is 11.0. The molecule has 1 saturated heterocycles. The van der Waals surface area contributed by atoms with Gasteiger partial charge in [-0.15, -0.1) is 0 Å². The van der Waals surface area contributed by atoms with Crippen molar-refractivity contribution in [2.24, 2.45) is 0 Å². The van der Waals surface area contributed by atoms with E-state index in [2.05, 4.69) is 10.4 Å². The van der Waals surface area contributed by atoms with E-state index in [1.165, 1.54) is 23.0 Å². The SMILES string of the molecule is Cc1cc(F)ccc1-n1cc(O)c(C(=O)N2CCNC[C@H]2C)n1. The van der Waals surface area contributed by atoms with E-state index in [1.54, 1.807) is 17.9 Å². The average molecular weight is 318 g/mol. The number of carbonyl (C=O) groups excluding carboxylic acids is 1. The van der Waals surface area contributed by atoms with Crippen molar-refractivity contribution in [3.05, 3.63) is 41.5 Å². The fourth-order valence-electron chi connectivity index (χ4n) is 2.80. The van der Waals surface area contributed by atoms with E-state index in [0.29, 0.717) is 30.9 Å². The summed E-state index contributed by atoms with van der Waals surface area (Å²) in [5.74, 6) is -0.812. The highest BCUT2D eigenvalue weighted by molar-refractivity contribution is 5.95. The van der Waals surface area contributed by atoms with Crippen LogP contribution in [0.15, 0.2) is 24.4 Å². The van der Waals surface area contributed by atoms with Gasteiger partial charge in [-0.25, -0.2) is 9.07 Å². The molecule has 1 aliphatic heterocycles. The Labute approximate surface area is 133 Å². The molecule has 1 aliphatic rings. The number of aromatic nitrogens is 2. The van der Waals surface area contributed by atoms with Crippen LogP contribution in [0.5, 0.6) is 5.75 Å². The highest BCUT2D eigenvalue weighted by Gasteiger charge is 2.28. The highest BCUT2D eigenvalue weighted by Crippen LogP contribution is 2.23. The maximum Gasteiger partial charge on any atom is 0.278 e. The second-order valence-electron chi connectivity index (χ2n) is 5.79. The molecule has 122 valence electrons. The Bertz CT molecular complexity index is 744. The van der Waals surface area contributed by atoms with Crippen LogP contribution in [0.3, 0.4) is 0 Å². The smallest absolute Gasteiger partial charge is 0.278 e. The van der Waals surface area contributed by atoms with Gasteiger partial charge in [0.15, 0.2) is 11.4 Å². The van der Waals surface area contributed by atoms with Gasteiger partial charge in [0, 0.05) is 25.7 Å². The van der Waals surface area contributed by atoms with E-state index in [9.17, 15) is 14.3 Å². The van der Waals surface area contributed by atoms with Crippen LogP contribution >= 0.6 is 0 Å². The van der Waals surface area contributed by atoms with Crippen LogP contribution in [-0.2, 0) is 0 Å². The summed E-state index contributed by atoms with van der Waals surface area (Å²) in [6.07, 6.45) is 1.38. The van der Waals surface area contributed by atoms with Gasteiger partial charge < -0.3 is 15.3 Å². The minimum absolute atomic E-state index is 0.0162. The van der Waals surface area contributed by atoms with Crippen LogP contribution in [0.4, 0.5) is 4.39 Å². The lowest BCUT2D eigenvalue weighted by molar-refractivity contribution is 0.0646. The van der Waals surface area contributed by atoms with Gasteiger partial charge in [-0.1, -0.05) is 0 Å². The lowest BCUT2D eigenvalue weighted by atomic mass is 10.2. The molecule has 0 bridgehead atoms. The molecule has 7 heteroatoms. The summed E-state index contributed by atoms with van der Waals surface area (Å²) in [4.78, 5) is 14.3. The van der Waals surface area contributed by atoms with Crippen molar-refractivity contribution in [3.8, 4) is 11.4 Å². The Hall–Kier alpha value is -2.41. The van der Waals surface area contributed by atoms with Crippen LogP contribution in [0.2, 0.25) is 0 Å². The Kier molecular flexibility index (Phi) is 4.04. The van der Waals surface area contributed by atoms with Gasteiger partial charge in [0.2, 0.25) is 0 Å². The largest absolute Gasteiger partial charge is 0.504 e. The van der Waals surface area contributed by atoms with Crippen molar-refractivity contribution in [2.45, 2.75) is 19.9 Å². The lowest BCUT2D eigenvalue weighted by Gasteiger charge is -2.33. The molecule has 0 spiro atoms. The quantitative estimate of drug-likeness (QED) is 0.879. The van der Waals surface area contributed by atoms with Crippen molar-refractivity contribution in [1.82, 2.24) is 20.0 Å². The van der Waals surface area contributed by atoms with Crippen LogP contribution in [0.25, 0.3) is 5.69 Å². The molecule has 1 atom stereocenters. The van der Waals surface area contributed by atoms with Crippen LogP contribution in [-0.4, -0.2) is 51.4 Å². The summed E-state index contributed by atoms with van der Waals surface area (Å²) in [6, 6.07) is 4.31. The summed E-state index contributed by atoms with van der Waals surface area (Å²) >= 11 is 0. The zero-order valence-electron chi connectivity index (χ0n) is 13.1. The number of piperazine rings is 1. The third kappa shape index (κ3) is 2.92. The molecule has 2 aromatic rings. The van der Waals surface area contributed by atoms with E-state index in [1.807, 2.05) is 6.92 Å². The minimum Gasteiger partial charge on any atom is -0.504 e. The van der Waals surface area contributed by atoms with Crippen molar-refractivity contribution in [1.29, 1.82) is 0 Å². The van der Waals surface area contributed by atoms with Gasteiger partial charge in [0.05, 0.1) is 11.9 Å². The molecule has 1 amide bonds. The number of aromatic hydroxyl groups is 1. The maximum atomic E-state index is 13.2. The standard InChI is InChI=1S/C16H19FN4O2/c1-10-7-12(17)3-4-13(10)21-9-14(22)15(19-21)16(23)20-6-5-18-8-11(20)2/h3-4,7,9,11,18,22H,5-6,8H2,1-2H3/t11-/m1/s1. The number of benzene rings is 1. The third-order valence-electron chi connectivity index (χ3n) is 4.07. The highest BCUT2D eigenvalue weighted by atomic mass is 19.1. The number of nitrogens with one attached hydrogen (secondary N) is 1. The number of nitrogens with zero attached hydrogens (tertiary/aromatic N) is 3. The van der Waals surface area contributed by atoms with Crippen LogP contribution in [0.1, 0.15) is 23.0 Å². The molecule has 0 aliphatic carbocycles. The number of rotatable bonds is 2. The van der Waals surface area contributed by atoms with Gasteiger partial charge in [-0.3, -0.25) is 4.79 Å². The van der Waals surface area contributed by atoms with Crippen molar-refractivity contribution in [3.63, 3.8) is 0 Å². The van der Waals surface area contributed by atoms with E-state index in [-0.39, 0.29) is 29.2 Å². The fourth-order valence-corrected chi connectivity index (χ4v) is 2.80. The summed E-state index contributed by atoms with van der Waals surface area (Å²) in [6.45, 7) is 5.69. The number of aryl methyl sites for hydroxylation is 1. The number of amides is 1. The molecule has 0 saturated carbocycles. The van der Waals surface area contributed by atoms with Crippen molar-refractivity contribution >= 4 is 5.91 Å². The summed E-state index contributed by atoms with van der Waals surface area (Å²) in [5, 5.41) is 17.5. The second kappa shape index (κ2) is 6.00. The van der Waals surface area contributed by atoms with E-state index in [0.717, 1.165) is 0 Å². The van der Waals surface area contributed by atoms with Gasteiger partial charge in [-0.2, -0.15) is 5.10 Å². The molecule has 6 nitrogen and oxygen atoms in total. The first-order valence-corrected chi connectivity index (χ1v) is 7.54. The molecule has 3 rings (SSSR count). The van der Waals surface area contributed by atoms with E-state index >= 15 is 0 Å². The Balaban J connectivity index is 1.93. The zero-order valence-corrected chi connectivity index (χ0v) is 13.1. The minimum atomic E-state index is -0.339. The monoisotopic (exact) mass is 318 g/mol. The third-order valence-corrected chi connectivity index (χ3v) is 4.07. The van der Waals surface area contributed by atoms with Gasteiger partial charge in [0.25, 0.3) is 5.91 Å². The Morgan fingerprint density at radius 1 is 1.48 bits per heavy atom. The van der Waals surface area contributed by atoms with E-state index in [4.69, 9.17) is 0 Å². The molecule has 23 heavy (non-hydrogen) atoms. The second-order valence-corrected chi connectivity index (χ2v) is 5.79. The molecule has 0 unspecified atom stereocenters. The summed E-state index contributed by atoms with van der Waals surface area (Å²) in [7, 11) is 0. The first-order valence-electron chi connectivity index (χ1n) is 7.54. The summed E-state index contributed by atoms with van der Waals surface area (Å²) in [5.41, 5.74) is 1.30. The normalized spacial score (nSPS) is 18.2. The molecular formula is C16H19FN4O2. The topological polar surface area (TPSA) is 70.4 Å². The summed E-state index contributed by atoms with van der Waals surface area (Å²) < 4.78 is 14.6. The fraction of sp³-hybridized carbons (Fsp3) is 0.375. The molecule has 2 N–H and O–H groups in total. The maximum absolute atomic E-state index is 13.2. The van der Waals surface area contributed by atoms with Crippen LogP contribution < -0.4 is 5.32 Å². The number of hydrogen-bond donors (Lipinski definition) is 2. The Morgan fingerprint density at radius 2 is 2.26 bits per heavy atom. The predicted molar refractivity (Wildman–Crippen MR) is 83.3 cm³/mol. The molecule has 0 radical (unpaired) electrons. The number of hydrogen-bond acceptors (Lipinski definition) is 4. The molecule has 1 aromatic carbocycles. The van der Waals surface area contributed by atoms with Crippen molar-refractivity contribution < 1.29 is 14.3 Å². The number of halogens is 1. The molecule has 1 fully saturated rings. The Morgan fingerprint density at radius 3 is 2.96 bits per heavy atom. The van der Waals surface area contributed by atoms with E-state index < -0.39 is 0 Å². The van der Waals surface area contributed by atoms with Gasteiger partial charge in [-0.05, 0) is 37.6 Å². The van der Waals surface area contributed by atoms with Crippen molar-refractivity contribution in [2.75, 3.05) is 19.6 Å². The molecular weight excluding hydrogens is 299 g/mol. The first kappa shape index (κ1) is 15.5. The molecule has 1 aromatic heterocycles. The van der Waals surface area contributed by atoms with Gasteiger partial charge >= 0.3 is 0 Å². The zero-order chi connectivity index (χ0) is 16.6. The van der Waals surface area contributed by atoms with Crippen LogP contribution in [0, 0.1) is 12.7 Å². The average Bonchev–Trinajstić information content (AvgIpc) is 2.88. The predicted octanol–water partition coefficient (Wildman–Crippen LogP) is 1.46. The number of carbonyl (C=O) groups is 1. The molecule has 2 heterocycles.